The van der Waals surface area contributed by atoms with Gasteiger partial charge in [-0.1, -0.05) is 56.5 Å². The van der Waals surface area contributed by atoms with Gasteiger partial charge in [-0.25, -0.2) is 0 Å². The maximum Gasteiger partial charge on any atom is 0.230 e. The molecule has 1 saturated heterocycles. The number of likely N-dealkylation sites (tertiary alicyclic amines) is 1. The van der Waals surface area contributed by atoms with Gasteiger partial charge < -0.3 is 16.0 Å². The lowest BCUT2D eigenvalue weighted by molar-refractivity contribution is -0.134. The van der Waals surface area contributed by atoms with Crippen molar-refractivity contribution in [3.8, 4) is 0 Å². The van der Waals surface area contributed by atoms with Crippen molar-refractivity contribution in [1.82, 2.24) is 10.2 Å². The van der Waals surface area contributed by atoms with Gasteiger partial charge in [-0.3, -0.25) is 9.59 Å². The van der Waals surface area contributed by atoms with Crippen molar-refractivity contribution >= 4 is 11.8 Å². The molecule has 5 heteroatoms. The molecule has 1 saturated carbocycles. The van der Waals surface area contributed by atoms with Crippen LogP contribution in [0.5, 0.6) is 0 Å². The van der Waals surface area contributed by atoms with Crippen molar-refractivity contribution < 1.29 is 9.59 Å². The Labute approximate surface area is 175 Å². The van der Waals surface area contributed by atoms with Crippen LogP contribution in [0.1, 0.15) is 76.2 Å². The highest BCUT2D eigenvalue weighted by molar-refractivity contribution is 5.84. The Kier molecular flexibility index (Phi) is 7.70. The maximum atomic E-state index is 13.0. The minimum absolute atomic E-state index is 0.00301. The molecule has 5 nitrogen and oxygen atoms in total. The van der Waals surface area contributed by atoms with Gasteiger partial charge in [0.15, 0.2) is 0 Å². The van der Waals surface area contributed by atoms with E-state index in [0.29, 0.717) is 13.0 Å². The SMILES string of the molecule is CCC(C(=O)N1CCC(NC(=O)CC2(CN)CCCCC2)CC1)c1ccccc1. The molecule has 1 aromatic rings. The van der Waals surface area contributed by atoms with E-state index in [4.69, 9.17) is 5.73 Å². The van der Waals surface area contributed by atoms with Crippen LogP contribution in [0.25, 0.3) is 0 Å². The van der Waals surface area contributed by atoms with E-state index in [1.807, 2.05) is 35.2 Å². The number of carbonyl (C=O) groups is 2. The average molecular weight is 400 g/mol. The van der Waals surface area contributed by atoms with E-state index < -0.39 is 0 Å². The summed E-state index contributed by atoms with van der Waals surface area (Å²) in [6.07, 6.45) is 8.79. The van der Waals surface area contributed by atoms with Gasteiger partial charge in [-0.15, -0.1) is 0 Å². The van der Waals surface area contributed by atoms with Gasteiger partial charge in [0, 0.05) is 25.6 Å². The van der Waals surface area contributed by atoms with Crippen LogP contribution in [-0.2, 0) is 9.59 Å². The van der Waals surface area contributed by atoms with Crippen molar-refractivity contribution in [2.24, 2.45) is 11.1 Å². The monoisotopic (exact) mass is 399 g/mol. The van der Waals surface area contributed by atoms with Crippen molar-refractivity contribution in [1.29, 1.82) is 0 Å². The van der Waals surface area contributed by atoms with Crippen LogP contribution in [0.15, 0.2) is 30.3 Å². The Bertz CT molecular complexity index is 662. The summed E-state index contributed by atoms with van der Waals surface area (Å²) in [4.78, 5) is 27.7. The summed E-state index contributed by atoms with van der Waals surface area (Å²) in [5, 5.41) is 3.23. The van der Waals surface area contributed by atoms with Gasteiger partial charge in [-0.2, -0.15) is 0 Å². The molecule has 1 heterocycles. The molecule has 2 amide bonds. The molecule has 0 aromatic heterocycles. The summed E-state index contributed by atoms with van der Waals surface area (Å²) in [6, 6.07) is 10.2. The Morgan fingerprint density at radius 3 is 2.38 bits per heavy atom. The lowest BCUT2D eigenvalue weighted by Gasteiger charge is -2.37. The molecule has 3 rings (SSSR count). The summed E-state index contributed by atoms with van der Waals surface area (Å²) in [5.41, 5.74) is 7.13. The first-order valence-electron chi connectivity index (χ1n) is 11.4. The third kappa shape index (κ3) is 5.59. The van der Waals surface area contributed by atoms with E-state index >= 15 is 0 Å². The molecule has 1 atom stereocenters. The predicted molar refractivity (Wildman–Crippen MR) is 116 cm³/mol. The first-order valence-corrected chi connectivity index (χ1v) is 11.4. The van der Waals surface area contributed by atoms with Gasteiger partial charge in [0.25, 0.3) is 0 Å². The van der Waals surface area contributed by atoms with Gasteiger partial charge in [0.2, 0.25) is 11.8 Å². The molecule has 160 valence electrons. The first kappa shape index (κ1) is 21.8. The van der Waals surface area contributed by atoms with Gasteiger partial charge in [0.1, 0.15) is 0 Å². The highest BCUT2D eigenvalue weighted by atomic mass is 16.2. The third-order valence-corrected chi connectivity index (χ3v) is 6.96. The van der Waals surface area contributed by atoms with Crippen LogP contribution in [0.2, 0.25) is 0 Å². The van der Waals surface area contributed by atoms with Gasteiger partial charge in [-0.05, 0) is 49.6 Å². The third-order valence-electron chi connectivity index (χ3n) is 6.96. The summed E-state index contributed by atoms with van der Waals surface area (Å²) in [6.45, 7) is 4.11. The standard InChI is InChI=1S/C24H37N3O2/c1-2-21(19-9-5-3-6-10-19)23(29)27-15-11-20(12-16-27)26-22(28)17-24(18-25)13-7-4-8-14-24/h3,5-6,9-10,20-21H,2,4,7-8,11-18,25H2,1H3,(H,26,28). The smallest absolute Gasteiger partial charge is 0.230 e. The molecule has 29 heavy (non-hydrogen) atoms. The number of nitrogens with two attached hydrogens (primary N) is 1. The minimum Gasteiger partial charge on any atom is -0.353 e. The molecule has 1 unspecified atom stereocenters. The predicted octanol–water partition coefficient (Wildman–Crippen LogP) is 3.59. The summed E-state index contributed by atoms with van der Waals surface area (Å²) in [5.74, 6) is 0.281. The van der Waals surface area contributed by atoms with E-state index in [9.17, 15) is 9.59 Å². The van der Waals surface area contributed by atoms with E-state index in [2.05, 4.69) is 12.2 Å². The largest absolute Gasteiger partial charge is 0.353 e. The molecule has 0 radical (unpaired) electrons. The molecule has 1 aliphatic heterocycles. The molecule has 0 bridgehead atoms. The molecule has 3 N–H and O–H groups in total. The van der Waals surface area contributed by atoms with Crippen LogP contribution in [0.4, 0.5) is 0 Å². The van der Waals surface area contributed by atoms with E-state index in [1.54, 1.807) is 0 Å². The summed E-state index contributed by atoms with van der Waals surface area (Å²) >= 11 is 0. The Hall–Kier alpha value is -1.88. The molecular weight excluding hydrogens is 362 g/mol. The molecule has 1 aromatic carbocycles. The molecule has 2 aliphatic rings. The number of carbonyl (C=O) groups excluding carboxylic acids is 2. The van der Waals surface area contributed by atoms with Gasteiger partial charge >= 0.3 is 0 Å². The zero-order valence-electron chi connectivity index (χ0n) is 17.9. The van der Waals surface area contributed by atoms with Crippen LogP contribution in [0.3, 0.4) is 0 Å². The molecule has 2 fully saturated rings. The lowest BCUT2D eigenvalue weighted by Crippen LogP contribution is -2.49. The van der Waals surface area contributed by atoms with Crippen molar-refractivity contribution in [3.63, 3.8) is 0 Å². The normalized spacial score (nSPS) is 20.8. The fraction of sp³-hybridized carbons (Fsp3) is 0.667. The van der Waals surface area contributed by atoms with E-state index in [-0.39, 0.29) is 29.2 Å². The molecular formula is C24H37N3O2. The lowest BCUT2D eigenvalue weighted by atomic mass is 9.71. The number of rotatable bonds is 7. The number of nitrogens with one attached hydrogen (secondary N) is 1. The number of amides is 2. The topological polar surface area (TPSA) is 75.4 Å². The van der Waals surface area contributed by atoms with Crippen LogP contribution in [0, 0.1) is 5.41 Å². The second-order valence-electron chi connectivity index (χ2n) is 8.98. The zero-order valence-corrected chi connectivity index (χ0v) is 17.9. The number of benzene rings is 1. The summed E-state index contributed by atoms with van der Waals surface area (Å²) in [7, 11) is 0. The second-order valence-corrected chi connectivity index (χ2v) is 8.98. The summed E-state index contributed by atoms with van der Waals surface area (Å²) < 4.78 is 0. The van der Waals surface area contributed by atoms with E-state index in [0.717, 1.165) is 50.8 Å². The van der Waals surface area contributed by atoms with Crippen LogP contribution < -0.4 is 11.1 Å². The molecule has 0 spiro atoms. The van der Waals surface area contributed by atoms with Crippen molar-refractivity contribution in [2.45, 2.75) is 76.7 Å². The number of nitrogens with zero attached hydrogens (tertiary/aromatic N) is 1. The fourth-order valence-electron chi connectivity index (χ4n) is 5.08. The zero-order chi connectivity index (χ0) is 20.7. The first-order chi connectivity index (χ1) is 14.1. The average Bonchev–Trinajstić information content (AvgIpc) is 2.76. The highest BCUT2D eigenvalue weighted by Gasteiger charge is 2.34. The van der Waals surface area contributed by atoms with Crippen molar-refractivity contribution in [3.05, 3.63) is 35.9 Å². The Balaban J connectivity index is 1.48. The van der Waals surface area contributed by atoms with Crippen molar-refractivity contribution in [2.75, 3.05) is 19.6 Å². The second kappa shape index (κ2) is 10.2. The maximum absolute atomic E-state index is 13.0. The van der Waals surface area contributed by atoms with Gasteiger partial charge in [0.05, 0.1) is 5.92 Å². The Morgan fingerprint density at radius 1 is 1.14 bits per heavy atom. The fourth-order valence-corrected chi connectivity index (χ4v) is 5.08. The highest BCUT2D eigenvalue weighted by Crippen LogP contribution is 2.38. The Morgan fingerprint density at radius 2 is 1.79 bits per heavy atom. The molecule has 1 aliphatic carbocycles. The number of hydrogen-bond donors (Lipinski definition) is 2. The van der Waals surface area contributed by atoms with Crippen LogP contribution >= 0.6 is 0 Å². The quantitative estimate of drug-likeness (QED) is 0.736. The van der Waals surface area contributed by atoms with Crippen LogP contribution in [-0.4, -0.2) is 42.4 Å². The minimum atomic E-state index is -0.0712. The number of piperidine rings is 1. The number of hydrogen-bond acceptors (Lipinski definition) is 3. The van der Waals surface area contributed by atoms with E-state index in [1.165, 1.54) is 19.3 Å².